The number of aromatic amines is 1. The summed E-state index contributed by atoms with van der Waals surface area (Å²) in [4.78, 5) is 30.2. The van der Waals surface area contributed by atoms with Gasteiger partial charge < -0.3 is 15.2 Å². The molecule has 2 amide bonds. The molecule has 5 nitrogen and oxygen atoms in total. The first-order valence-electron chi connectivity index (χ1n) is 9.99. The van der Waals surface area contributed by atoms with Gasteiger partial charge in [-0.1, -0.05) is 29.8 Å². The van der Waals surface area contributed by atoms with Crippen molar-refractivity contribution in [1.29, 1.82) is 0 Å². The minimum Gasteiger partial charge on any atom is -0.361 e. The average molecular weight is 410 g/mol. The van der Waals surface area contributed by atoms with Crippen molar-refractivity contribution in [3.63, 3.8) is 0 Å². The highest BCUT2D eigenvalue weighted by Crippen LogP contribution is 2.21. The number of para-hydroxylation sites is 1. The first-order chi connectivity index (χ1) is 14.1. The maximum Gasteiger partial charge on any atom is 0.253 e. The van der Waals surface area contributed by atoms with Crippen LogP contribution in [0.1, 0.15) is 28.8 Å². The predicted molar refractivity (Wildman–Crippen MR) is 115 cm³/mol. The van der Waals surface area contributed by atoms with Crippen LogP contribution in [0.15, 0.2) is 54.7 Å². The molecule has 1 aliphatic rings. The average Bonchev–Trinajstić information content (AvgIpc) is 3.17. The Bertz CT molecular complexity index is 1000. The Kier molecular flexibility index (Phi) is 5.86. The third kappa shape index (κ3) is 4.46. The van der Waals surface area contributed by atoms with Crippen molar-refractivity contribution in [1.82, 2.24) is 15.2 Å². The number of amides is 2. The number of carbonyl (C=O) groups excluding carboxylic acids is 2. The van der Waals surface area contributed by atoms with E-state index in [2.05, 4.69) is 22.4 Å². The summed E-state index contributed by atoms with van der Waals surface area (Å²) in [5.74, 6) is 0.0514. The molecule has 1 fully saturated rings. The molecule has 0 atom stereocenters. The summed E-state index contributed by atoms with van der Waals surface area (Å²) in [6.45, 7) is 1.81. The fourth-order valence-electron chi connectivity index (χ4n) is 3.92. The lowest BCUT2D eigenvalue weighted by Gasteiger charge is -2.31. The van der Waals surface area contributed by atoms with Crippen LogP contribution >= 0.6 is 11.6 Å². The molecule has 2 N–H and O–H groups in total. The Labute approximate surface area is 175 Å². The van der Waals surface area contributed by atoms with Crippen LogP contribution in [-0.4, -0.2) is 41.3 Å². The molecule has 1 aliphatic heterocycles. The van der Waals surface area contributed by atoms with Crippen LogP contribution < -0.4 is 5.32 Å². The molecule has 0 spiro atoms. The zero-order valence-corrected chi connectivity index (χ0v) is 16.9. The SMILES string of the molecule is O=C(NCCc1c[nH]c2ccccc12)C1CCN(C(=O)c2ccc(Cl)cc2)CC1. The van der Waals surface area contributed by atoms with Crippen LogP contribution in [-0.2, 0) is 11.2 Å². The van der Waals surface area contributed by atoms with Crippen molar-refractivity contribution >= 4 is 34.3 Å². The molecule has 2 aromatic carbocycles. The highest BCUT2D eigenvalue weighted by Gasteiger charge is 2.27. The third-order valence-electron chi connectivity index (χ3n) is 5.61. The van der Waals surface area contributed by atoms with Gasteiger partial charge in [-0.15, -0.1) is 0 Å². The van der Waals surface area contributed by atoms with Crippen molar-refractivity contribution < 1.29 is 9.59 Å². The van der Waals surface area contributed by atoms with E-state index in [1.165, 1.54) is 10.9 Å². The summed E-state index contributed by atoms with van der Waals surface area (Å²) in [6.07, 6.45) is 4.19. The minimum absolute atomic E-state index is 0.000129. The number of rotatable bonds is 5. The summed E-state index contributed by atoms with van der Waals surface area (Å²) >= 11 is 5.89. The Morgan fingerprint density at radius 1 is 1.07 bits per heavy atom. The first-order valence-corrected chi connectivity index (χ1v) is 10.4. The number of likely N-dealkylation sites (tertiary alicyclic amines) is 1. The van der Waals surface area contributed by atoms with E-state index in [0.29, 0.717) is 43.1 Å². The molecule has 0 aliphatic carbocycles. The molecule has 0 radical (unpaired) electrons. The zero-order chi connectivity index (χ0) is 20.2. The number of carbonyl (C=O) groups is 2. The van der Waals surface area contributed by atoms with Crippen molar-refractivity contribution in [3.05, 3.63) is 70.9 Å². The number of benzene rings is 2. The molecule has 29 heavy (non-hydrogen) atoms. The highest BCUT2D eigenvalue weighted by molar-refractivity contribution is 6.30. The van der Waals surface area contributed by atoms with Gasteiger partial charge in [-0.05, 0) is 55.2 Å². The van der Waals surface area contributed by atoms with Crippen molar-refractivity contribution in [2.75, 3.05) is 19.6 Å². The summed E-state index contributed by atoms with van der Waals surface area (Å²) in [7, 11) is 0. The molecule has 1 saturated heterocycles. The largest absolute Gasteiger partial charge is 0.361 e. The van der Waals surface area contributed by atoms with Gasteiger partial charge in [-0.2, -0.15) is 0 Å². The van der Waals surface area contributed by atoms with Gasteiger partial charge in [-0.25, -0.2) is 0 Å². The van der Waals surface area contributed by atoms with Gasteiger partial charge in [0.15, 0.2) is 0 Å². The van der Waals surface area contributed by atoms with Crippen molar-refractivity contribution in [3.8, 4) is 0 Å². The van der Waals surface area contributed by atoms with E-state index in [-0.39, 0.29) is 17.7 Å². The molecule has 0 saturated carbocycles. The van der Waals surface area contributed by atoms with Crippen LogP contribution in [0.3, 0.4) is 0 Å². The fraction of sp³-hybridized carbons (Fsp3) is 0.304. The number of hydrogen-bond donors (Lipinski definition) is 2. The lowest BCUT2D eigenvalue weighted by Crippen LogP contribution is -2.43. The minimum atomic E-state index is -0.0350. The van der Waals surface area contributed by atoms with Crippen LogP contribution in [0.25, 0.3) is 10.9 Å². The van der Waals surface area contributed by atoms with E-state index < -0.39 is 0 Å². The number of fused-ring (bicyclic) bond motifs is 1. The van der Waals surface area contributed by atoms with Crippen LogP contribution in [0.5, 0.6) is 0 Å². The summed E-state index contributed by atoms with van der Waals surface area (Å²) in [6, 6.07) is 15.1. The van der Waals surface area contributed by atoms with Gasteiger partial charge in [0, 0.05) is 53.2 Å². The number of nitrogens with one attached hydrogen (secondary N) is 2. The number of aromatic nitrogens is 1. The Morgan fingerprint density at radius 2 is 1.79 bits per heavy atom. The molecule has 3 aromatic rings. The molecule has 1 aromatic heterocycles. The Balaban J connectivity index is 1.24. The van der Waals surface area contributed by atoms with Crippen LogP contribution in [0, 0.1) is 5.92 Å². The summed E-state index contributed by atoms with van der Waals surface area (Å²) < 4.78 is 0. The van der Waals surface area contributed by atoms with Gasteiger partial charge in [-0.3, -0.25) is 9.59 Å². The second-order valence-corrected chi connectivity index (χ2v) is 7.91. The number of piperidine rings is 1. The second-order valence-electron chi connectivity index (χ2n) is 7.47. The predicted octanol–water partition coefficient (Wildman–Crippen LogP) is 4.03. The lowest BCUT2D eigenvalue weighted by molar-refractivity contribution is -0.126. The quantitative estimate of drug-likeness (QED) is 0.668. The topological polar surface area (TPSA) is 65.2 Å². The summed E-state index contributed by atoms with van der Waals surface area (Å²) in [5, 5.41) is 4.89. The van der Waals surface area contributed by atoms with Gasteiger partial charge in [0.2, 0.25) is 5.91 Å². The monoisotopic (exact) mass is 409 g/mol. The molecule has 150 valence electrons. The van der Waals surface area contributed by atoms with Crippen LogP contribution in [0.2, 0.25) is 5.02 Å². The Morgan fingerprint density at radius 3 is 2.55 bits per heavy atom. The number of hydrogen-bond acceptors (Lipinski definition) is 2. The van der Waals surface area contributed by atoms with E-state index in [1.54, 1.807) is 24.3 Å². The molecular weight excluding hydrogens is 386 g/mol. The normalized spacial score (nSPS) is 14.9. The van der Waals surface area contributed by atoms with E-state index in [1.807, 2.05) is 23.2 Å². The van der Waals surface area contributed by atoms with Gasteiger partial charge in [0.05, 0.1) is 0 Å². The lowest BCUT2D eigenvalue weighted by atomic mass is 9.95. The van der Waals surface area contributed by atoms with Gasteiger partial charge >= 0.3 is 0 Å². The summed E-state index contributed by atoms with van der Waals surface area (Å²) in [5.41, 5.74) is 2.96. The zero-order valence-electron chi connectivity index (χ0n) is 16.2. The van der Waals surface area contributed by atoms with Crippen molar-refractivity contribution in [2.45, 2.75) is 19.3 Å². The maximum absolute atomic E-state index is 12.6. The standard InChI is InChI=1S/C23H24ClN3O2/c24-19-7-5-17(6-8-19)23(29)27-13-10-16(11-14-27)22(28)25-12-9-18-15-26-21-4-2-1-3-20(18)21/h1-8,15-16,26H,9-14H2,(H,25,28). The van der Waals surface area contributed by atoms with Crippen LogP contribution in [0.4, 0.5) is 0 Å². The van der Waals surface area contributed by atoms with E-state index in [0.717, 1.165) is 11.9 Å². The van der Waals surface area contributed by atoms with E-state index in [4.69, 9.17) is 11.6 Å². The van der Waals surface area contributed by atoms with Crippen molar-refractivity contribution in [2.24, 2.45) is 5.92 Å². The van der Waals surface area contributed by atoms with Gasteiger partial charge in [0.25, 0.3) is 5.91 Å². The number of halogens is 1. The molecule has 0 bridgehead atoms. The highest BCUT2D eigenvalue weighted by atomic mass is 35.5. The van der Waals surface area contributed by atoms with Gasteiger partial charge in [0.1, 0.15) is 0 Å². The molecule has 2 heterocycles. The first kappa shape index (κ1) is 19.5. The molecular formula is C23H24ClN3O2. The fourth-order valence-corrected chi connectivity index (χ4v) is 4.05. The third-order valence-corrected chi connectivity index (χ3v) is 5.86. The number of H-pyrrole nitrogens is 1. The van der Waals surface area contributed by atoms with E-state index in [9.17, 15) is 9.59 Å². The second kappa shape index (κ2) is 8.70. The molecule has 0 unspecified atom stereocenters. The smallest absolute Gasteiger partial charge is 0.253 e. The molecule has 6 heteroatoms. The Hall–Kier alpha value is -2.79. The maximum atomic E-state index is 12.6. The van der Waals surface area contributed by atoms with E-state index >= 15 is 0 Å². The number of nitrogens with zero attached hydrogens (tertiary/aromatic N) is 1. The molecule has 4 rings (SSSR count).